The fourth-order valence-electron chi connectivity index (χ4n) is 0.480. The predicted molar refractivity (Wildman–Crippen MR) is 47.8 cm³/mol. The number of carbonyl (C=O) groups is 1. The van der Waals surface area contributed by atoms with Gasteiger partial charge in [0.2, 0.25) is 0 Å². The first kappa shape index (κ1) is 14.5. The molecule has 0 aromatic rings. The first-order chi connectivity index (χ1) is 5.07. The molecule has 6 heteroatoms. The molecule has 1 atom stereocenters. The Bertz CT molecular complexity index is 132. The third kappa shape index (κ3) is 6.67. The maximum atomic E-state index is 10.7. The number of aliphatic hydroxyl groups is 1. The number of halogens is 2. The van der Waals surface area contributed by atoms with Gasteiger partial charge in [-0.1, -0.05) is 0 Å². The Morgan fingerprint density at radius 2 is 2.08 bits per heavy atom. The number of carbonyl (C=O) groups excluding carboxylic acids is 1. The largest absolute Gasteiger partial charge is 0.466 e. The summed E-state index contributed by atoms with van der Waals surface area (Å²) in [5.41, 5.74) is 0. The van der Waals surface area contributed by atoms with Crippen molar-refractivity contribution in [1.82, 2.24) is 6.15 Å². The Morgan fingerprint density at radius 3 is 2.42 bits per heavy atom. The van der Waals surface area contributed by atoms with E-state index in [0.717, 1.165) is 0 Å². The highest BCUT2D eigenvalue weighted by Gasteiger charge is 2.17. The van der Waals surface area contributed by atoms with Crippen molar-refractivity contribution in [1.29, 1.82) is 0 Å². The summed E-state index contributed by atoms with van der Waals surface area (Å²) in [7, 11) is 0. The highest BCUT2D eigenvalue weighted by atomic mass is 35.5. The zero-order valence-corrected chi connectivity index (χ0v) is 8.31. The molecule has 74 valence electrons. The second-order valence-corrected chi connectivity index (χ2v) is 3.07. The predicted octanol–water partition coefficient (Wildman–Crippen LogP) is 1.27. The van der Waals surface area contributed by atoms with Crippen LogP contribution >= 0.6 is 23.2 Å². The highest BCUT2D eigenvalue weighted by Crippen LogP contribution is 2.11. The van der Waals surface area contributed by atoms with Gasteiger partial charge < -0.3 is 16.0 Å². The molecule has 0 saturated carbocycles. The van der Waals surface area contributed by atoms with Gasteiger partial charge in [-0.15, -0.1) is 23.2 Å². The van der Waals surface area contributed by atoms with Gasteiger partial charge in [0.15, 0.2) is 0 Å². The lowest BCUT2D eigenvalue weighted by Gasteiger charge is -2.09. The maximum absolute atomic E-state index is 10.7. The Kier molecular flexibility index (Phi) is 9.19. The monoisotopic (exact) mass is 217 g/mol. The van der Waals surface area contributed by atoms with Gasteiger partial charge in [-0.25, -0.2) is 0 Å². The van der Waals surface area contributed by atoms with Crippen LogP contribution in [-0.4, -0.2) is 28.6 Å². The lowest BCUT2D eigenvalue weighted by Crippen LogP contribution is -2.21. The molecule has 0 aromatic heterocycles. The molecule has 0 fully saturated rings. The van der Waals surface area contributed by atoms with E-state index >= 15 is 0 Å². The summed E-state index contributed by atoms with van der Waals surface area (Å²) in [5.74, 6) is -0.494. The Morgan fingerprint density at radius 1 is 1.58 bits per heavy atom. The molecule has 12 heavy (non-hydrogen) atoms. The molecule has 0 bridgehead atoms. The van der Waals surface area contributed by atoms with E-state index in [1.54, 1.807) is 6.92 Å². The average molecular weight is 218 g/mol. The van der Waals surface area contributed by atoms with Crippen molar-refractivity contribution in [2.75, 3.05) is 6.61 Å². The fraction of sp³-hybridized carbons (Fsp3) is 0.833. The number of hydrogen-bond acceptors (Lipinski definition) is 4. The molecular weight excluding hydrogens is 205 g/mol. The van der Waals surface area contributed by atoms with E-state index in [2.05, 4.69) is 4.74 Å². The van der Waals surface area contributed by atoms with Crippen LogP contribution in [0, 0.1) is 0 Å². The number of ether oxygens (including phenoxy) is 1. The van der Waals surface area contributed by atoms with E-state index in [0.29, 0.717) is 6.61 Å². The summed E-state index contributed by atoms with van der Waals surface area (Å²) in [6.07, 6.45) is -1.21. The molecule has 4 nitrogen and oxygen atoms in total. The van der Waals surface area contributed by atoms with Crippen LogP contribution in [0.1, 0.15) is 13.3 Å². The topological polar surface area (TPSA) is 81.5 Å². The summed E-state index contributed by atoms with van der Waals surface area (Å²) >= 11 is 10.6. The van der Waals surface area contributed by atoms with Crippen molar-refractivity contribution in [2.45, 2.75) is 24.3 Å². The van der Waals surface area contributed by atoms with Crippen LogP contribution < -0.4 is 6.15 Å². The van der Waals surface area contributed by atoms with Gasteiger partial charge >= 0.3 is 5.97 Å². The molecule has 0 aliphatic rings. The lowest BCUT2D eigenvalue weighted by molar-refractivity contribution is -0.145. The molecule has 0 amide bonds. The second-order valence-electron chi connectivity index (χ2n) is 1.91. The first-order valence-corrected chi connectivity index (χ1v) is 4.07. The summed E-state index contributed by atoms with van der Waals surface area (Å²) < 4.78 is 4.55. The van der Waals surface area contributed by atoms with Crippen LogP contribution in [0.3, 0.4) is 0 Å². The van der Waals surface area contributed by atoms with Crippen molar-refractivity contribution < 1.29 is 14.6 Å². The van der Waals surface area contributed by atoms with Gasteiger partial charge in [-0.2, -0.15) is 0 Å². The van der Waals surface area contributed by atoms with Crippen LogP contribution in [0.25, 0.3) is 0 Å². The second kappa shape index (κ2) is 7.61. The molecule has 0 spiro atoms. The fourth-order valence-corrected chi connectivity index (χ4v) is 0.658. The maximum Gasteiger partial charge on any atom is 0.308 e. The van der Waals surface area contributed by atoms with Gasteiger partial charge in [-0.3, -0.25) is 4.79 Å². The van der Waals surface area contributed by atoms with Crippen LogP contribution in [0.2, 0.25) is 0 Å². The van der Waals surface area contributed by atoms with E-state index in [9.17, 15) is 4.79 Å². The molecule has 0 saturated heterocycles. The number of rotatable bonds is 4. The zero-order valence-electron chi connectivity index (χ0n) is 6.80. The van der Waals surface area contributed by atoms with Gasteiger partial charge in [0.05, 0.1) is 19.1 Å². The van der Waals surface area contributed by atoms with Gasteiger partial charge in [0, 0.05) is 0 Å². The summed E-state index contributed by atoms with van der Waals surface area (Å²) in [5, 5.41) is 8.96. The molecule has 4 N–H and O–H groups in total. The van der Waals surface area contributed by atoms with E-state index in [-0.39, 0.29) is 12.6 Å². The third-order valence-electron chi connectivity index (χ3n) is 0.972. The first-order valence-electron chi connectivity index (χ1n) is 3.19. The van der Waals surface area contributed by atoms with Gasteiger partial charge in [0.25, 0.3) is 0 Å². The molecule has 0 radical (unpaired) electrons. The Hall–Kier alpha value is -0.0300. The molecule has 0 aliphatic heterocycles. The van der Waals surface area contributed by atoms with Crippen molar-refractivity contribution >= 4 is 29.2 Å². The molecule has 0 aromatic carbocycles. The summed E-state index contributed by atoms with van der Waals surface area (Å²) in [4.78, 5) is 9.71. The summed E-state index contributed by atoms with van der Waals surface area (Å²) in [6, 6.07) is 0. The van der Waals surface area contributed by atoms with E-state index in [4.69, 9.17) is 28.3 Å². The van der Waals surface area contributed by atoms with E-state index < -0.39 is 16.9 Å². The normalized spacial score (nSPS) is 12.1. The lowest BCUT2D eigenvalue weighted by atomic mass is 10.3. The molecule has 0 aliphatic carbocycles. The minimum Gasteiger partial charge on any atom is -0.466 e. The molecule has 1 unspecified atom stereocenters. The molecule has 0 rings (SSSR count). The number of hydrogen-bond donors (Lipinski definition) is 2. The third-order valence-corrected chi connectivity index (χ3v) is 1.55. The standard InChI is InChI=1S/C6H10Cl2O3.H3N/c1-2-11-5(10)3-4(9)6(7)8;/h4,6,9H,2-3H2,1H3;1H3. The van der Waals surface area contributed by atoms with Crippen molar-refractivity contribution in [3.63, 3.8) is 0 Å². The number of aliphatic hydroxyl groups excluding tert-OH is 1. The minimum atomic E-state index is -1.04. The molecular formula is C6H13Cl2NO3. The van der Waals surface area contributed by atoms with Crippen LogP contribution in [0.5, 0.6) is 0 Å². The highest BCUT2D eigenvalue weighted by molar-refractivity contribution is 6.44. The van der Waals surface area contributed by atoms with Crippen molar-refractivity contribution in [3.8, 4) is 0 Å². The van der Waals surface area contributed by atoms with Crippen LogP contribution in [-0.2, 0) is 9.53 Å². The average Bonchev–Trinajstić information content (AvgIpc) is 1.87. The van der Waals surface area contributed by atoms with Crippen LogP contribution in [0.15, 0.2) is 0 Å². The number of alkyl halides is 2. The SMILES string of the molecule is CCOC(=O)CC(O)C(Cl)Cl.N. The van der Waals surface area contributed by atoms with Gasteiger partial charge in [0.1, 0.15) is 4.84 Å². The smallest absolute Gasteiger partial charge is 0.308 e. The Labute approximate surface area is 81.4 Å². The zero-order chi connectivity index (χ0) is 8.85. The van der Waals surface area contributed by atoms with E-state index in [1.807, 2.05) is 0 Å². The number of esters is 1. The van der Waals surface area contributed by atoms with Gasteiger partial charge in [-0.05, 0) is 6.92 Å². The van der Waals surface area contributed by atoms with Crippen molar-refractivity contribution in [3.05, 3.63) is 0 Å². The van der Waals surface area contributed by atoms with Crippen molar-refractivity contribution in [2.24, 2.45) is 0 Å². The van der Waals surface area contributed by atoms with Crippen LogP contribution in [0.4, 0.5) is 0 Å². The Balaban J connectivity index is 0. The quantitative estimate of drug-likeness (QED) is 0.549. The molecule has 0 heterocycles. The van der Waals surface area contributed by atoms with E-state index in [1.165, 1.54) is 0 Å². The summed E-state index contributed by atoms with van der Waals surface area (Å²) in [6.45, 7) is 1.98. The minimum absolute atomic E-state index is 0.